The lowest BCUT2D eigenvalue weighted by Gasteiger charge is -2.27. The Balaban J connectivity index is 2.12. The summed E-state index contributed by atoms with van der Waals surface area (Å²) < 4.78 is 3.22. The van der Waals surface area contributed by atoms with Crippen molar-refractivity contribution in [1.82, 2.24) is 14.7 Å². The van der Waals surface area contributed by atoms with Crippen LogP contribution in [0.1, 0.15) is 31.2 Å². The minimum atomic E-state index is 0.511. The van der Waals surface area contributed by atoms with Crippen LogP contribution < -0.4 is 5.73 Å². The second-order valence-corrected chi connectivity index (χ2v) is 6.01. The van der Waals surface area contributed by atoms with Crippen LogP contribution in [-0.2, 0) is 13.1 Å². The van der Waals surface area contributed by atoms with Crippen molar-refractivity contribution in [3.8, 4) is 0 Å². The minimum absolute atomic E-state index is 0.511. The first-order valence-corrected chi connectivity index (χ1v) is 7.49. The fraction of sp³-hybridized carbons (Fsp3) is 0.769. The van der Waals surface area contributed by atoms with Gasteiger partial charge in [-0.25, -0.2) is 0 Å². The Bertz CT molecular complexity index is 411. The van der Waals surface area contributed by atoms with E-state index in [4.69, 9.17) is 5.73 Å². The highest BCUT2D eigenvalue weighted by atomic mass is 79.9. The molecule has 5 heteroatoms. The number of aryl methyl sites for hydroxylation is 2. The van der Waals surface area contributed by atoms with Gasteiger partial charge in [-0.05, 0) is 55.6 Å². The lowest BCUT2D eigenvalue weighted by molar-refractivity contribution is 0.209. The highest BCUT2D eigenvalue weighted by Crippen LogP contribution is 2.35. The molecule has 1 aromatic heterocycles. The summed E-state index contributed by atoms with van der Waals surface area (Å²) in [7, 11) is 2.17. The normalized spacial score (nSPS) is 17.4. The predicted octanol–water partition coefficient (Wildman–Crippen LogP) is 2.14. The molecule has 1 unspecified atom stereocenters. The SMILES string of the molecule is CCn1nc(C)c(Br)c1CN(C)C(CN)C1CC1. The molecule has 1 saturated carbocycles. The van der Waals surface area contributed by atoms with Crippen molar-refractivity contribution in [2.75, 3.05) is 13.6 Å². The van der Waals surface area contributed by atoms with E-state index in [0.717, 1.165) is 35.7 Å². The van der Waals surface area contributed by atoms with Crippen molar-refractivity contribution >= 4 is 15.9 Å². The third kappa shape index (κ3) is 2.78. The van der Waals surface area contributed by atoms with Gasteiger partial charge < -0.3 is 5.73 Å². The van der Waals surface area contributed by atoms with Crippen molar-refractivity contribution < 1.29 is 0 Å². The molecule has 0 saturated heterocycles. The maximum Gasteiger partial charge on any atom is 0.0739 e. The van der Waals surface area contributed by atoms with E-state index < -0.39 is 0 Å². The van der Waals surface area contributed by atoms with Gasteiger partial charge in [-0.2, -0.15) is 5.10 Å². The third-order valence-electron chi connectivity index (χ3n) is 3.83. The summed E-state index contributed by atoms with van der Waals surface area (Å²) in [6, 6.07) is 0.511. The summed E-state index contributed by atoms with van der Waals surface area (Å²) in [4.78, 5) is 2.38. The highest BCUT2D eigenvalue weighted by Gasteiger charge is 2.33. The molecule has 4 nitrogen and oxygen atoms in total. The summed E-state index contributed by atoms with van der Waals surface area (Å²) >= 11 is 3.65. The topological polar surface area (TPSA) is 47.1 Å². The maximum atomic E-state index is 5.91. The summed E-state index contributed by atoms with van der Waals surface area (Å²) in [5.74, 6) is 0.804. The van der Waals surface area contributed by atoms with Gasteiger partial charge in [0.15, 0.2) is 0 Å². The van der Waals surface area contributed by atoms with E-state index in [1.165, 1.54) is 18.5 Å². The lowest BCUT2D eigenvalue weighted by Crippen LogP contribution is -2.39. The van der Waals surface area contributed by atoms with Gasteiger partial charge >= 0.3 is 0 Å². The molecule has 0 spiro atoms. The Kier molecular flexibility index (Phi) is 4.45. The Morgan fingerprint density at radius 2 is 2.22 bits per heavy atom. The molecular formula is C13H23BrN4. The van der Waals surface area contributed by atoms with E-state index in [-0.39, 0.29) is 0 Å². The standard InChI is InChI=1S/C13H23BrN4/c1-4-18-12(13(14)9(2)16-18)8-17(3)11(7-15)10-5-6-10/h10-11H,4-8,15H2,1-3H3. The number of rotatable bonds is 6. The number of likely N-dealkylation sites (N-methyl/N-ethyl adjacent to an activating group) is 1. The van der Waals surface area contributed by atoms with Crippen LogP contribution in [0.15, 0.2) is 4.47 Å². The van der Waals surface area contributed by atoms with Gasteiger partial charge in [0.1, 0.15) is 0 Å². The first-order valence-electron chi connectivity index (χ1n) is 6.70. The van der Waals surface area contributed by atoms with Gasteiger partial charge in [0, 0.05) is 25.7 Å². The molecule has 0 aliphatic heterocycles. The van der Waals surface area contributed by atoms with Crippen molar-refractivity contribution in [3.63, 3.8) is 0 Å². The van der Waals surface area contributed by atoms with E-state index in [2.05, 4.69) is 44.6 Å². The zero-order chi connectivity index (χ0) is 13.3. The van der Waals surface area contributed by atoms with Crippen molar-refractivity contribution in [2.45, 2.75) is 45.8 Å². The maximum absolute atomic E-state index is 5.91. The molecule has 2 rings (SSSR count). The number of aromatic nitrogens is 2. The quantitative estimate of drug-likeness (QED) is 0.875. The van der Waals surface area contributed by atoms with E-state index in [1.54, 1.807) is 0 Å². The number of nitrogens with zero attached hydrogens (tertiary/aromatic N) is 3. The first-order chi connectivity index (χ1) is 8.58. The molecule has 1 aliphatic rings. The van der Waals surface area contributed by atoms with E-state index in [9.17, 15) is 0 Å². The van der Waals surface area contributed by atoms with Crippen molar-refractivity contribution in [2.24, 2.45) is 11.7 Å². The second-order valence-electron chi connectivity index (χ2n) is 5.22. The molecule has 1 fully saturated rings. The molecule has 0 aromatic carbocycles. The third-order valence-corrected chi connectivity index (χ3v) is 4.86. The average molecular weight is 315 g/mol. The first kappa shape index (κ1) is 14.0. The van der Waals surface area contributed by atoms with Gasteiger partial charge in [0.05, 0.1) is 15.9 Å². The zero-order valence-electron chi connectivity index (χ0n) is 11.5. The van der Waals surface area contributed by atoms with Crippen LogP contribution in [0.4, 0.5) is 0 Å². The smallest absolute Gasteiger partial charge is 0.0739 e. The summed E-state index contributed by atoms with van der Waals surface area (Å²) in [5, 5.41) is 4.54. The number of hydrogen-bond acceptors (Lipinski definition) is 3. The number of hydrogen-bond donors (Lipinski definition) is 1. The molecule has 0 bridgehead atoms. The Hall–Kier alpha value is -0.390. The summed E-state index contributed by atoms with van der Waals surface area (Å²) in [6.45, 7) is 6.74. The summed E-state index contributed by atoms with van der Waals surface area (Å²) in [5.41, 5.74) is 8.23. The van der Waals surface area contributed by atoms with Crippen LogP contribution in [0.3, 0.4) is 0 Å². The van der Waals surface area contributed by atoms with E-state index >= 15 is 0 Å². The monoisotopic (exact) mass is 314 g/mol. The zero-order valence-corrected chi connectivity index (χ0v) is 13.1. The largest absolute Gasteiger partial charge is 0.329 e. The van der Waals surface area contributed by atoms with Crippen LogP contribution >= 0.6 is 15.9 Å². The van der Waals surface area contributed by atoms with Gasteiger partial charge in [0.2, 0.25) is 0 Å². The Labute approximate surface area is 118 Å². The van der Waals surface area contributed by atoms with Gasteiger partial charge in [-0.1, -0.05) is 0 Å². The van der Waals surface area contributed by atoms with Crippen molar-refractivity contribution in [3.05, 3.63) is 15.9 Å². The number of halogens is 1. The highest BCUT2D eigenvalue weighted by molar-refractivity contribution is 9.10. The molecule has 1 atom stereocenters. The molecule has 2 N–H and O–H groups in total. The predicted molar refractivity (Wildman–Crippen MR) is 77.4 cm³/mol. The number of nitrogens with two attached hydrogens (primary N) is 1. The van der Waals surface area contributed by atoms with Crippen LogP contribution in [0.5, 0.6) is 0 Å². The second kappa shape index (κ2) is 5.72. The average Bonchev–Trinajstić information content (AvgIpc) is 3.13. The Morgan fingerprint density at radius 1 is 1.56 bits per heavy atom. The molecular weight excluding hydrogens is 292 g/mol. The molecule has 1 aromatic rings. The molecule has 18 heavy (non-hydrogen) atoms. The minimum Gasteiger partial charge on any atom is -0.329 e. The molecule has 102 valence electrons. The molecule has 1 aliphatic carbocycles. The summed E-state index contributed by atoms with van der Waals surface area (Å²) in [6.07, 6.45) is 2.67. The molecule has 0 amide bonds. The molecule has 1 heterocycles. The Morgan fingerprint density at radius 3 is 2.72 bits per heavy atom. The van der Waals surface area contributed by atoms with Crippen LogP contribution in [0.25, 0.3) is 0 Å². The van der Waals surface area contributed by atoms with E-state index in [1.807, 2.05) is 6.92 Å². The van der Waals surface area contributed by atoms with Gasteiger partial charge in [-0.3, -0.25) is 9.58 Å². The van der Waals surface area contributed by atoms with Crippen LogP contribution in [-0.4, -0.2) is 34.3 Å². The fourth-order valence-electron chi connectivity index (χ4n) is 2.59. The van der Waals surface area contributed by atoms with Crippen LogP contribution in [0, 0.1) is 12.8 Å². The van der Waals surface area contributed by atoms with E-state index in [0.29, 0.717) is 6.04 Å². The van der Waals surface area contributed by atoms with Crippen molar-refractivity contribution in [1.29, 1.82) is 0 Å². The van der Waals surface area contributed by atoms with Crippen LogP contribution in [0.2, 0.25) is 0 Å². The van der Waals surface area contributed by atoms with Gasteiger partial charge in [-0.15, -0.1) is 0 Å². The fourth-order valence-corrected chi connectivity index (χ4v) is 3.00. The lowest BCUT2D eigenvalue weighted by atomic mass is 10.1. The van der Waals surface area contributed by atoms with Gasteiger partial charge in [0.25, 0.3) is 0 Å². The molecule has 0 radical (unpaired) electrons.